The zero-order chi connectivity index (χ0) is 13.7. The van der Waals surface area contributed by atoms with Gasteiger partial charge in [-0.05, 0) is 37.1 Å². The zero-order valence-electron chi connectivity index (χ0n) is 11.1. The van der Waals surface area contributed by atoms with E-state index in [0.29, 0.717) is 0 Å². The molecule has 2 rings (SSSR count). The molecule has 1 aromatic carbocycles. The summed E-state index contributed by atoms with van der Waals surface area (Å²) >= 11 is 0. The summed E-state index contributed by atoms with van der Waals surface area (Å²) in [5.74, 6) is 0.0443. The third kappa shape index (κ3) is 3.86. The lowest BCUT2D eigenvalue weighted by Gasteiger charge is -2.34. The van der Waals surface area contributed by atoms with Gasteiger partial charge in [0.2, 0.25) is 0 Å². The Morgan fingerprint density at radius 3 is 2.84 bits per heavy atom. The number of methoxy groups -OCH3 is 1. The fourth-order valence-corrected chi connectivity index (χ4v) is 2.40. The third-order valence-electron chi connectivity index (χ3n) is 3.40. The molecule has 1 unspecified atom stereocenters. The van der Waals surface area contributed by atoms with E-state index in [9.17, 15) is 4.79 Å². The first-order chi connectivity index (χ1) is 9.19. The summed E-state index contributed by atoms with van der Waals surface area (Å²) in [5.41, 5.74) is 1.16. The number of anilines is 1. The minimum absolute atomic E-state index is 0.0289. The second-order valence-electron chi connectivity index (χ2n) is 4.76. The molecule has 0 amide bonds. The van der Waals surface area contributed by atoms with Crippen LogP contribution >= 0.6 is 0 Å². The number of carboxylic acids is 1. The predicted molar refractivity (Wildman–Crippen MR) is 73.9 cm³/mol. The predicted octanol–water partition coefficient (Wildman–Crippen LogP) is 1.34. The number of hydrogen-bond donors (Lipinski definition) is 2. The second kappa shape index (κ2) is 6.43. The van der Waals surface area contributed by atoms with Crippen molar-refractivity contribution in [1.29, 1.82) is 0 Å². The van der Waals surface area contributed by atoms with E-state index in [1.54, 1.807) is 7.11 Å². The van der Waals surface area contributed by atoms with Gasteiger partial charge in [-0.25, -0.2) is 0 Å². The topological polar surface area (TPSA) is 61.8 Å². The average molecular weight is 264 g/mol. The minimum atomic E-state index is -0.804. The van der Waals surface area contributed by atoms with Gasteiger partial charge in [-0.2, -0.15) is 0 Å². The zero-order valence-corrected chi connectivity index (χ0v) is 11.1. The molecule has 1 aliphatic heterocycles. The van der Waals surface area contributed by atoms with Crippen LogP contribution in [0.2, 0.25) is 0 Å². The number of nitrogens with zero attached hydrogens (tertiary/aromatic N) is 1. The highest BCUT2D eigenvalue weighted by atomic mass is 16.5. The lowest BCUT2D eigenvalue weighted by Crippen LogP contribution is -2.47. The van der Waals surface area contributed by atoms with E-state index < -0.39 is 5.97 Å². The molecule has 0 saturated carbocycles. The maximum atomic E-state index is 10.6. The van der Waals surface area contributed by atoms with Crippen LogP contribution < -0.4 is 15.0 Å². The second-order valence-corrected chi connectivity index (χ2v) is 4.76. The van der Waals surface area contributed by atoms with Gasteiger partial charge in [0, 0.05) is 24.8 Å². The molecule has 0 spiro atoms. The Labute approximate surface area is 113 Å². The largest absolute Gasteiger partial charge is 0.497 e. The molecule has 0 bridgehead atoms. The van der Waals surface area contributed by atoms with Crippen molar-refractivity contribution in [3.63, 3.8) is 0 Å². The number of benzene rings is 1. The molecule has 1 atom stereocenters. The molecule has 0 aromatic heterocycles. The molecule has 5 heteroatoms. The van der Waals surface area contributed by atoms with Crippen molar-refractivity contribution in [1.82, 2.24) is 5.32 Å². The molecule has 1 heterocycles. The van der Waals surface area contributed by atoms with Gasteiger partial charge in [0.25, 0.3) is 0 Å². The minimum Gasteiger partial charge on any atom is -0.497 e. The highest BCUT2D eigenvalue weighted by molar-refractivity contribution is 5.69. The Kier molecular flexibility index (Phi) is 4.63. The highest BCUT2D eigenvalue weighted by Crippen LogP contribution is 2.22. The van der Waals surface area contributed by atoms with Gasteiger partial charge >= 0.3 is 5.97 Å². The van der Waals surface area contributed by atoms with E-state index in [1.165, 1.54) is 0 Å². The van der Waals surface area contributed by atoms with E-state index in [4.69, 9.17) is 9.84 Å². The quantitative estimate of drug-likeness (QED) is 0.840. The molecule has 104 valence electrons. The molecule has 1 aliphatic rings. The van der Waals surface area contributed by atoms with Crippen LogP contribution in [0.25, 0.3) is 0 Å². The summed E-state index contributed by atoms with van der Waals surface area (Å²) in [6.45, 7) is 1.89. The van der Waals surface area contributed by atoms with Gasteiger partial charge in [0.05, 0.1) is 13.7 Å². The van der Waals surface area contributed by atoms with Crippen molar-refractivity contribution >= 4 is 11.7 Å². The van der Waals surface area contributed by atoms with E-state index in [-0.39, 0.29) is 12.6 Å². The van der Waals surface area contributed by atoms with E-state index in [0.717, 1.165) is 37.4 Å². The fourth-order valence-electron chi connectivity index (χ4n) is 2.40. The summed E-state index contributed by atoms with van der Waals surface area (Å²) < 4.78 is 5.15. The van der Waals surface area contributed by atoms with Gasteiger partial charge in [0.1, 0.15) is 5.75 Å². The lowest BCUT2D eigenvalue weighted by molar-refractivity contribution is -0.136. The maximum absolute atomic E-state index is 10.6. The van der Waals surface area contributed by atoms with E-state index in [2.05, 4.69) is 10.2 Å². The van der Waals surface area contributed by atoms with Crippen LogP contribution in [0.3, 0.4) is 0 Å². The van der Waals surface area contributed by atoms with Crippen LogP contribution in [-0.4, -0.2) is 43.9 Å². The Balaban J connectivity index is 1.94. The summed E-state index contributed by atoms with van der Waals surface area (Å²) in [4.78, 5) is 12.9. The number of nitrogens with one attached hydrogen (secondary N) is 1. The Morgan fingerprint density at radius 2 is 2.21 bits per heavy atom. The van der Waals surface area contributed by atoms with Crippen LogP contribution in [0.15, 0.2) is 24.3 Å². The molecular formula is C14H20N2O3. The van der Waals surface area contributed by atoms with Gasteiger partial charge in [0.15, 0.2) is 0 Å². The van der Waals surface area contributed by atoms with Crippen molar-refractivity contribution in [3.05, 3.63) is 24.3 Å². The Bertz CT molecular complexity index is 419. The van der Waals surface area contributed by atoms with Crippen LogP contribution in [0, 0.1) is 0 Å². The number of piperidine rings is 1. The van der Waals surface area contributed by atoms with Gasteiger partial charge in [-0.1, -0.05) is 0 Å². The van der Waals surface area contributed by atoms with E-state index >= 15 is 0 Å². The first-order valence-corrected chi connectivity index (χ1v) is 6.53. The van der Waals surface area contributed by atoms with Crippen molar-refractivity contribution < 1.29 is 14.6 Å². The molecule has 0 radical (unpaired) electrons. The van der Waals surface area contributed by atoms with E-state index in [1.807, 2.05) is 24.3 Å². The fraction of sp³-hybridized carbons (Fsp3) is 0.500. The summed E-state index contributed by atoms with van der Waals surface area (Å²) in [7, 11) is 1.65. The number of hydrogen-bond acceptors (Lipinski definition) is 4. The van der Waals surface area contributed by atoms with Crippen molar-refractivity contribution in [3.8, 4) is 5.75 Å². The van der Waals surface area contributed by atoms with Crippen LogP contribution in [0.1, 0.15) is 12.8 Å². The first kappa shape index (κ1) is 13.7. The molecule has 5 nitrogen and oxygen atoms in total. The smallest absolute Gasteiger partial charge is 0.317 e. The standard InChI is InChI=1S/C14H20N2O3/c1-19-13-6-4-12(5-7-13)16-8-2-3-11(10-16)15-9-14(17)18/h4-7,11,15H,2-3,8-10H2,1H3,(H,17,18). The van der Waals surface area contributed by atoms with Gasteiger partial charge < -0.3 is 20.1 Å². The number of ether oxygens (including phenoxy) is 1. The summed E-state index contributed by atoms with van der Waals surface area (Å²) in [5, 5.41) is 11.8. The first-order valence-electron chi connectivity index (χ1n) is 6.53. The Morgan fingerprint density at radius 1 is 1.47 bits per heavy atom. The Hall–Kier alpha value is -1.75. The highest BCUT2D eigenvalue weighted by Gasteiger charge is 2.20. The van der Waals surface area contributed by atoms with Crippen molar-refractivity contribution in [2.24, 2.45) is 0 Å². The monoisotopic (exact) mass is 264 g/mol. The number of carbonyl (C=O) groups is 1. The SMILES string of the molecule is COc1ccc(N2CCCC(NCC(=O)O)C2)cc1. The molecular weight excluding hydrogens is 244 g/mol. The number of rotatable bonds is 5. The van der Waals surface area contributed by atoms with Gasteiger partial charge in [-0.3, -0.25) is 4.79 Å². The molecule has 1 aromatic rings. The molecule has 1 fully saturated rings. The maximum Gasteiger partial charge on any atom is 0.317 e. The normalized spacial score (nSPS) is 19.2. The van der Waals surface area contributed by atoms with Crippen LogP contribution in [0.5, 0.6) is 5.75 Å². The molecule has 1 saturated heterocycles. The molecule has 0 aliphatic carbocycles. The number of aliphatic carboxylic acids is 1. The van der Waals surface area contributed by atoms with Crippen molar-refractivity contribution in [2.45, 2.75) is 18.9 Å². The van der Waals surface area contributed by atoms with Crippen molar-refractivity contribution in [2.75, 3.05) is 31.6 Å². The molecule has 2 N–H and O–H groups in total. The van der Waals surface area contributed by atoms with Crippen LogP contribution in [-0.2, 0) is 4.79 Å². The van der Waals surface area contributed by atoms with Crippen LogP contribution in [0.4, 0.5) is 5.69 Å². The summed E-state index contributed by atoms with van der Waals surface area (Å²) in [6.07, 6.45) is 2.10. The summed E-state index contributed by atoms with van der Waals surface area (Å²) in [6, 6.07) is 8.22. The van der Waals surface area contributed by atoms with Gasteiger partial charge in [-0.15, -0.1) is 0 Å². The number of carboxylic acid groups (broad SMARTS) is 1. The lowest BCUT2D eigenvalue weighted by atomic mass is 10.0. The molecule has 19 heavy (non-hydrogen) atoms. The average Bonchev–Trinajstić information content (AvgIpc) is 2.45. The third-order valence-corrected chi connectivity index (χ3v) is 3.40.